The lowest BCUT2D eigenvalue weighted by Gasteiger charge is -2.41. The lowest BCUT2D eigenvalue weighted by Crippen LogP contribution is -2.55. The molecule has 122 valence electrons. The average molecular weight is 308 g/mol. The Morgan fingerprint density at radius 3 is 2.68 bits per heavy atom. The zero-order valence-electron chi connectivity index (χ0n) is 13.8. The number of methoxy groups -OCH3 is 1. The number of hydrogen-bond acceptors (Lipinski definition) is 3. The molecule has 1 aromatic carbocycles. The smallest absolute Gasteiger partial charge is 0.254 e. The van der Waals surface area contributed by atoms with Gasteiger partial charge in [-0.3, -0.25) is 9.69 Å². The molecule has 0 aromatic heterocycles. The van der Waals surface area contributed by atoms with Gasteiger partial charge in [-0.15, -0.1) is 0 Å². The zero-order chi connectivity index (χ0) is 16.3. The second-order valence-corrected chi connectivity index (χ2v) is 6.28. The maximum atomic E-state index is 13.0. The predicted molar refractivity (Wildman–Crippen MR) is 85.0 cm³/mol. The van der Waals surface area contributed by atoms with Gasteiger partial charge in [0.1, 0.15) is 11.9 Å². The van der Waals surface area contributed by atoms with Gasteiger partial charge < -0.3 is 9.64 Å². The molecule has 22 heavy (non-hydrogen) atoms. The van der Waals surface area contributed by atoms with Crippen molar-refractivity contribution in [2.75, 3.05) is 33.8 Å². The molecule has 1 saturated heterocycles. The second-order valence-electron chi connectivity index (χ2n) is 6.28. The molecule has 0 N–H and O–H groups in total. The molecular formula is C17H25FN2O2. The standard InChI is InChI=1S/C17H25FN2O2/c1-12(2)16(11-20-9-14(18)10-20)19(3)17(21)13-6-5-7-15(8-13)22-4/h5-8,12,14,16H,9-11H2,1-4H3/t16-/m1/s1. The van der Waals surface area contributed by atoms with Crippen molar-refractivity contribution in [3.8, 4) is 5.75 Å². The van der Waals surface area contributed by atoms with Crippen LogP contribution in [0, 0.1) is 5.92 Å². The van der Waals surface area contributed by atoms with Gasteiger partial charge in [0.05, 0.1) is 7.11 Å². The number of rotatable bonds is 6. The van der Waals surface area contributed by atoms with Gasteiger partial charge >= 0.3 is 0 Å². The van der Waals surface area contributed by atoms with Gasteiger partial charge in [0.25, 0.3) is 5.91 Å². The fourth-order valence-corrected chi connectivity index (χ4v) is 2.81. The number of amides is 1. The Hall–Kier alpha value is -1.62. The molecule has 1 fully saturated rings. The summed E-state index contributed by atoms with van der Waals surface area (Å²) >= 11 is 0. The van der Waals surface area contributed by atoms with Gasteiger partial charge in [0, 0.05) is 38.3 Å². The van der Waals surface area contributed by atoms with Crippen LogP contribution in [-0.4, -0.2) is 61.7 Å². The van der Waals surface area contributed by atoms with Crippen molar-refractivity contribution in [1.82, 2.24) is 9.80 Å². The number of likely N-dealkylation sites (N-methyl/N-ethyl adjacent to an activating group) is 1. The van der Waals surface area contributed by atoms with E-state index in [4.69, 9.17) is 4.74 Å². The lowest BCUT2D eigenvalue weighted by atomic mass is 9.99. The van der Waals surface area contributed by atoms with E-state index in [-0.39, 0.29) is 11.9 Å². The molecule has 0 spiro atoms. The maximum Gasteiger partial charge on any atom is 0.254 e. The molecule has 1 heterocycles. The average Bonchev–Trinajstić information content (AvgIpc) is 2.48. The van der Waals surface area contributed by atoms with Crippen molar-refractivity contribution in [3.63, 3.8) is 0 Å². The summed E-state index contributed by atoms with van der Waals surface area (Å²) in [6, 6.07) is 7.23. The van der Waals surface area contributed by atoms with Crippen molar-refractivity contribution in [1.29, 1.82) is 0 Å². The van der Waals surface area contributed by atoms with E-state index < -0.39 is 6.17 Å². The van der Waals surface area contributed by atoms with Crippen LogP contribution in [0.3, 0.4) is 0 Å². The number of benzene rings is 1. The molecule has 0 saturated carbocycles. The number of nitrogens with zero attached hydrogens (tertiary/aromatic N) is 2. The Kier molecular flexibility index (Phi) is 5.40. The largest absolute Gasteiger partial charge is 0.497 e. The summed E-state index contributed by atoms with van der Waals surface area (Å²) in [6.45, 7) is 5.85. The van der Waals surface area contributed by atoms with E-state index in [1.54, 1.807) is 24.1 Å². The number of halogens is 1. The first kappa shape index (κ1) is 16.7. The zero-order valence-corrected chi connectivity index (χ0v) is 13.8. The van der Waals surface area contributed by atoms with Crippen molar-refractivity contribution in [2.24, 2.45) is 5.92 Å². The number of carbonyl (C=O) groups excluding carboxylic acids is 1. The van der Waals surface area contributed by atoms with Crippen LogP contribution in [0.15, 0.2) is 24.3 Å². The van der Waals surface area contributed by atoms with Crippen LogP contribution in [0.1, 0.15) is 24.2 Å². The quantitative estimate of drug-likeness (QED) is 0.809. The normalized spacial score (nSPS) is 17.2. The topological polar surface area (TPSA) is 32.8 Å². The van der Waals surface area contributed by atoms with Crippen molar-refractivity contribution < 1.29 is 13.9 Å². The maximum absolute atomic E-state index is 13.0. The Labute approximate surface area is 131 Å². The van der Waals surface area contributed by atoms with Gasteiger partial charge in [-0.05, 0) is 24.1 Å². The van der Waals surface area contributed by atoms with Crippen LogP contribution in [0.4, 0.5) is 4.39 Å². The van der Waals surface area contributed by atoms with Crippen LogP contribution in [-0.2, 0) is 0 Å². The highest BCUT2D eigenvalue weighted by Gasteiger charge is 2.32. The molecular weight excluding hydrogens is 283 g/mol. The van der Waals surface area contributed by atoms with Crippen LogP contribution in [0.2, 0.25) is 0 Å². The van der Waals surface area contributed by atoms with Gasteiger partial charge in [-0.1, -0.05) is 19.9 Å². The fourth-order valence-electron chi connectivity index (χ4n) is 2.81. The highest BCUT2D eigenvalue weighted by molar-refractivity contribution is 5.94. The van der Waals surface area contributed by atoms with Crippen LogP contribution in [0.25, 0.3) is 0 Å². The third kappa shape index (κ3) is 3.77. The van der Waals surface area contributed by atoms with E-state index >= 15 is 0 Å². The molecule has 4 nitrogen and oxygen atoms in total. The first-order chi connectivity index (χ1) is 10.4. The number of ether oxygens (including phenoxy) is 1. The van der Waals surface area contributed by atoms with Gasteiger partial charge in [-0.2, -0.15) is 0 Å². The lowest BCUT2D eigenvalue weighted by molar-refractivity contribution is 0.0277. The van der Waals surface area contributed by atoms with Gasteiger partial charge in [-0.25, -0.2) is 4.39 Å². The molecule has 0 unspecified atom stereocenters. The minimum atomic E-state index is -0.716. The number of carbonyl (C=O) groups is 1. The van der Waals surface area contributed by atoms with E-state index in [0.717, 1.165) is 0 Å². The first-order valence-corrected chi connectivity index (χ1v) is 7.70. The molecule has 1 aliphatic rings. The van der Waals surface area contributed by atoms with E-state index in [2.05, 4.69) is 18.7 Å². The van der Waals surface area contributed by atoms with Crippen LogP contribution < -0.4 is 4.74 Å². The molecule has 1 amide bonds. The molecule has 0 aliphatic carbocycles. The summed E-state index contributed by atoms with van der Waals surface area (Å²) in [5.74, 6) is 0.941. The van der Waals surface area contributed by atoms with Crippen LogP contribution in [0.5, 0.6) is 5.75 Å². The summed E-state index contributed by atoms with van der Waals surface area (Å²) in [6.07, 6.45) is -0.716. The SMILES string of the molecule is COc1cccc(C(=O)N(C)[C@H](CN2CC(F)C2)C(C)C)c1. The molecule has 1 aromatic rings. The highest BCUT2D eigenvalue weighted by atomic mass is 19.1. The molecule has 1 aliphatic heterocycles. The third-order valence-electron chi connectivity index (χ3n) is 4.26. The van der Waals surface area contributed by atoms with Crippen LogP contribution >= 0.6 is 0 Å². The summed E-state index contributed by atoms with van der Waals surface area (Å²) < 4.78 is 18.2. The third-order valence-corrected chi connectivity index (χ3v) is 4.26. The van der Waals surface area contributed by atoms with Gasteiger partial charge in [0.2, 0.25) is 0 Å². The molecule has 5 heteroatoms. The summed E-state index contributed by atoms with van der Waals surface area (Å²) in [5, 5.41) is 0. The Morgan fingerprint density at radius 1 is 1.45 bits per heavy atom. The van der Waals surface area contributed by atoms with E-state index in [0.29, 0.717) is 36.9 Å². The molecule has 0 radical (unpaired) electrons. The van der Waals surface area contributed by atoms with E-state index in [9.17, 15) is 9.18 Å². The van der Waals surface area contributed by atoms with E-state index in [1.807, 2.05) is 19.2 Å². The minimum Gasteiger partial charge on any atom is -0.497 e. The Morgan fingerprint density at radius 2 is 2.14 bits per heavy atom. The molecule has 2 rings (SSSR count). The van der Waals surface area contributed by atoms with Crippen molar-refractivity contribution in [3.05, 3.63) is 29.8 Å². The molecule has 1 atom stereocenters. The Balaban J connectivity index is 2.08. The van der Waals surface area contributed by atoms with Crippen molar-refractivity contribution in [2.45, 2.75) is 26.1 Å². The number of hydrogen-bond donors (Lipinski definition) is 0. The highest BCUT2D eigenvalue weighted by Crippen LogP contribution is 2.20. The van der Waals surface area contributed by atoms with E-state index in [1.165, 1.54) is 0 Å². The summed E-state index contributed by atoms with van der Waals surface area (Å²) in [5.41, 5.74) is 0.611. The van der Waals surface area contributed by atoms with Crippen molar-refractivity contribution >= 4 is 5.91 Å². The minimum absolute atomic E-state index is 0.0325. The Bertz CT molecular complexity index is 515. The first-order valence-electron chi connectivity index (χ1n) is 7.70. The second kappa shape index (κ2) is 7.09. The predicted octanol–water partition coefficient (Wildman–Crippen LogP) is 2.45. The number of alkyl halides is 1. The summed E-state index contributed by atoms with van der Waals surface area (Å²) in [4.78, 5) is 16.5. The number of likely N-dealkylation sites (tertiary alicyclic amines) is 1. The summed E-state index contributed by atoms with van der Waals surface area (Å²) in [7, 11) is 3.40. The monoisotopic (exact) mass is 308 g/mol. The fraction of sp³-hybridized carbons (Fsp3) is 0.588. The van der Waals surface area contributed by atoms with Gasteiger partial charge in [0.15, 0.2) is 0 Å². The molecule has 0 bridgehead atoms.